The second-order valence-electron chi connectivity index (χ2n) is 4.31. The number of rotatable bonds is 3. The molecule has 1 aromatic carbocycles. The molecule has 0 unspecified atom stereocenters. The van der Waals surface area contributed by atoms with Gasteiger partial charge in [-0.1, -0.05) is 30.3 Å². The Morgan fingerprint density at radius 1 is 0.783 bits per heavy atom. The molecule has 0 aromatic heterocycles. The number of carbonyl (C=O) groups is 1. The highest BCUT2D eigenvalue weighted by Crippen LogP contribution is 2.60. The van der Waals surface area contributed by atoms with Gasteiger partial charge in [0, 0.05) is 0 Å². The van der Waals surface area contributed by atoms with E-state index in [4.69, 9.17) is 0 Å². The molecule has 1 rings (SSSR count). The van der Waals surface area contributed by atoms with Gasteiger partial charge in [-0.25, -0.2) is 0 Å². The van der Waals surface area contributed by atoms with Crippen molar-refractivity contribution in [3.05, 3.63) is 35.9 Å². The van der Waals surface area contributed by atoms with E-state index in [2.05, 4.69) is 4.74 Å². The van der Waals surface area contributed by atoms with Crippen LogP contribution in [-0.2, 0) is 16.1 Å². The van der Waals surface area contributed by atoms with Gasteiger partial charge in [0.1, 0.15) is 6.61 Å². The Hall–Kier alpha value is -1.94. The molecule has 1 aromatic rings. The van der Waals surface area contributed by atoms with Gasteiger partial charge in [0.2, 0.25) is 0 Å². The summed E-state index contributed by atoms with van der Waals surface area (Å²) in [4.78, 5) is 11.2. The predicted octanol–water partition coefficient (Wildman–Crippen LogP) is 4.40. The zero-order valence-electron chi connectivity index (χ0n) is 10.8. The molecular weight excluding hydrogens is 347 g/mol. The molecule has 0 saturated carbocycles. The fourth-order valence-electron chi connectivity index (χ4n) is 1.66. The maximum Gasteiger partial charge on any atom is 0.422 e. The normalized spacial score (nSPS) is 13.8. The summed E-state index contributed by atoms with van der Waals surface area (Å²) in [5, 5.41) is 0. The van der Waals surface area contributed by atoms with Crippen LogP contribution in [0.5, 0.6) is 0 Å². The molecule has 0 aliphatic rings. The first kappa shape index (κ1) is 19.1. The van der Waals surface area contributed by atoms with Gasteiger partial charge < -0.3 is 4.74 Å². The van der Waals surface area contributed by atoms with Crippen LogP contribution in [0.4, 0.5) is 39.5 Å². The van der Waals surface area contributed by atoms with E-state index in [-0.39, 0.29) is 5.56 Å². The van der Waals surface area contributed by atoms with E-state index in [9.17, 15) is 44.3 Å². The average molecular weight is 354 g/mol. The zero-order chi connectivity index (χ0) is 18.1. The molecule has 0 fully saturated rings. The number of halogens is 9. The number of hydrogen-bond acceptors (Lipinski definition) is 2. The van der Waals surface area contributed by atoms with Crippen LogP contribution in [-0.4, -0.2) is 24.5 Å². The number of hydrogen-bond donors (Lipinski definition) is 0. The van der Waals surface area contributed by atoms with Gasteiger partial charge in [0.25, 0.3) is 0 Å². The molecule has 0 aliphatic heterocycles. The fraction of sp³-hybridized carbons (Fsp3) is 0.417. The summed E-state index contributed by atoms with van der Waals surface area (Å²) in [7, 11) is 0. The van der Waals surface area contributed by atoms with Gasteiger partial charge >= 0.3 is 29.9 Å². The maximum atomic E-state index is 12.6. The van der Waals surface area contributed by atoms with Crippen LogP contribution in [0.3, 0.4) is 0 Å². The minimum atomic E-state index is -6.97. The highest BCUT2D eigenvalue weighted by molar-refractivity contribution is 5.80. The largest absolute Gasteiger partial charge is 0.460 e. The number of ether oxygens (including phenoxy) is 1. The van der Waals surface area contributed by atoms with Crippen molar-refractivity contribution >= 4 is 5.97 Å². The summed E-state index contributed by atoms with van der Waals surface area (Å²) < 4.78 is 117. The molecule has 130 valence electrons. The Morgan fingerprint density at radius 3 is 1.52 bits per heavy atom. The van der Waals surface area contributed by atoms with Gasteiger partial charge in [-0.15, -0.1) is 0 Å². The Morgan fingerprint density at radius 2 is 1.17 bits per heavy atom. The van der Waals surface area contributed by atoms with E-state index in [1.165, 1.54) is 18.2 Å². The molecule has 2 nitrogen and oxygen atoms in total. The maximum absolute atomic E-state index is 12.6. The SMILES string of the molecule is O=C(OCc1ccccc1)C(C(F)(F)F)(C(F)(F)F)C(F)(F)F. The van der Waals surface area contributed by atoms with E-state index < -0.39 is 36.5 Å². The Kier molecular flexibility index (Phi) is 4.93. The van der Waals surface area contributed by atoms with Crippen molar-refractivity contribution in [3.8, 4) is 0 Å². The highest BCUT2D eigenvalue weighted by atomic mass is 19.4. The molecule has 0 saturated heterocycles. The van der Waals surface area contributed by atoms with Crippen LogP contribution in [0.2, 0.25) is 0 Å². The van der Waals surface area contributed by atoms with Gasteiger partial charge in [-0.05, 0) is 5.56 Å². The zero-order valence-corrected chi connectivity index (χ0v) is 10.8. The summed E-state index contributed by atoms with van der Waals surface area (Å²) in [5.74, 6) is -3.48. The highest BCUT2D eigenvalue weighted by Gasteiger charge is 2.89. The fourth-order valence-corrected chi connectivity index (χ4v) is 1.66. The minimum absolute atomic E-state index is 0.0822. The molecule has 0 radical (unpaired) electrons. The lowest BCUT2D eigenvalue weighted by Crippen LogP contribution is -2.64. The van der Waals surface area contributed by atoms with Crippen LogP contribution < -0.4 is 0 Å². The van der Waals surface area contributed by atoms with Crippen molar-refractivity contribution in [2.75, 3.05) is 0 Å². The van der Waals surface area contributed by atoms with Gasteiger partial charge in [-0.2, -0.15) is 39.5 Å². The molecule has 0 N–H and O–H groups in total. The predicted molar refractivity (Wildman–Crippen MR) is 56.8 cm³/mol. The Bertz CT molecular complexity index is 506. The van der Waals surface area contributed by atoms with Crippen LogP contribution in [0.1, 0.15) is 5.56 Å². The molecule has 0 aliphatic carbocycles. The van der Waals surface area contributed by atoms with E-state index in [0.29, 0.717) is 0 Å². The van der Waals surface area contributed by atoms with Crippen LogP contribution in [0, 0.1) is 5.41 Å². The Balaban J connectivity index is 3.27. The average Bonchev–Trinajstić information content (AvgIpc) is 2.32. The molecule has 0 heterocycles. The summed E-state index contributed by atoms with van der Waals surface area (Å²) in [6.07, 6.45) is -20.9. The lowest BCUT2D eigenvalue weighted by Gasteiger charge is -2.36. The Labute approximate surface area is 122 Å². The summed E-state index contributed by atoms with van der Waals surface area (Å²) in [5.41, 5.74) is -6.69. The number of esters is 1. The van der Waals surface area contributed by atoms with E-state index in [0.717, 1.165) is 12.1 Å². The third kappa shape index (κ3) is 3.37. The minimum Gasteiger partial charge on any atom is -0.460 e. The summed E-state index contributed by atoms with van der Waals surface area (Å²) in [6.45, 7) is -1.18. The summed E-state index contributed by atoms with van der Waals surface area (Å²) in [6, 6.07) is 6.31. The third-order valence-corrected chi connectivity index (χ3v) is 2.79. The van der Waals surface area contributed by atoms with Gasteiger partial charge in [-0.3, -0.25) is 4.79 Å². The van der Waals surface area contributed by atoms with Gasteiger partial charge in [0.15, 0.2) is 0 Å². The monoisotopic (exact) mass is 354 g/mol. The van der Waals surface area contributed by atoms with Crippen LogP contribution >= 0.6 is 0 Å². The quantitative estimate of drug-likeness (QED) is 0.594. The molecule has 0 amide bonds. The lowest BCUT2D eigenvalue weighted by molar-refractivity contribution is -0.412. The van der Waals surface area contributed by atoms with E-state index in [1.807, 2.05) is 0 Å². The first-order valence-corrected chi connectivity index (χ1v) is 5.66. The second kappa shape index (κ2) is 5.93. The molecular formula is C12H7F9O2. The van der Waals surface area contributed by atoms with Crippen molar-refractivity contribution < 1.29 is 49.0 Å². The number of carbonyl (C=O) groups excluding carboxylic acids is 1. The molecule has 23 heavy (non-hydrogen) atoms. The van der Waals surface area contributed by atoms with Crippen molar-refractivity contribution in [2.45, 2.75) is 25.1 Å². The van der Waals surface area contributed by atoms with Crippen molar-refractivity contribution in [1.82, 2.24) is 0 Å². The molecule has 0 bridgehead atoms. The number of benzene rings is 1. The van der Waals surface area contributed by atoms with Crippen LogP contribution in [0.15, 0.2) is 30.3 Å². The lowest BCUT2D eigenvalue weighted by atomic mass is 9.85. The first-order chi connectivity index (χ1) is 10.2. The smallest absolute Gasteiger partial charge is 0.422 e. The van der Waals surface area contributed by atoms with Crippen molar-refractivity contribution in [1.29, 1.82) is 0 Å². The second-order valence-corrected chi connectivity index (χ2v) is 4.31. The molecule has 11 heteroatoms. The standard InChI is InChI=1S/C12H7F9O2/c13-10(14,15)9(11(16,17)18,12(19,20)21)8(22)23-6-7-4-2-1-3-5-7/h1-5H,6H2. The van der Waals surface area contributed by atoms with Crippen molar-refractivity contribution in [3.63, 3.8) is 0 Å². The number of alkyl halides is 9. The van der Waals surface area contributed by atoms with Gasteiger partial charge in [0.05, 0.1) is 0 Å². The summed E-state index contributed by atoms with van der Waals surface area (Å²) >= 11 is 0. The third-order valence-electron chi connectivity index (χ3n) is 2.79. The topological polar surface area (TPSA) is 26.3 Å². The first-order valence-electron chi connectivity index (χ1n) is 5.66. The molecule has 0 spiro atoms. The molecule has 0 atom stereocenters. The van der Waals surface area contributed by atoms with Crippen LogP contribution in [0.25, 0.3) is 0 Å². The van der Waals surface area contributed by atoms with E-state index >= 15 is 0 Å². The van der Waals surface area contributed by atoms with E-state index in [1.54, 1.807) is 0 Å². The van der Waals surface area contributed by atoms with Crippen molar-refractivity contribution in [2.24, 2.45) is 5.41 Å².